The molecule has 2 aromatic rings. The van der Waals surface area contributed by atoms with Crippen molar-refractivity contribution in [1.29, 1.82) is 0 Å². The number of carbonyl (C=O) groups is 3. The zero-order valence-corrected chi connectivity index (χ0v) is 18.2. The molecule has 7 heteroatoms. The molecule has 32 heavy (non-hydrogen) atoms. The van der Waals surface area contributed by atoms with Crippen molar-refractivity contribution in [1.82, 2.24) is 9.91 Å². The van der Waals surface area contributed by atoms with Crippen LogP contribution in [0.1, 0.15) is 46.3 Å². The fourth-order valence-corrected chi connectivity index (χ4v) is 3.98. The summed E-state index contributed by atoms with van der Waals surface area (Å²) in [5.41, 5.74) is 10.7. The van der Waals surface area contributed by atoms with Gasteiger partial charge in [-0.25, -0.2) is 5.84 Å². The zero-order chi connectivity index (χ0) is 22.9. The number of aldehydes is 2. The van der Waals surface area contributed by atoms with E-state index in [9.17, 15) is 14.4 Å². The van der Waals surface area contributed by atoms with Crippen molar-refractivity contribution in [2.75, 3.05) is 6.54 Å². The van der Waals surface area contributed by atoms with Gasteiger partial charge in [0.25, 0.3) is 5.91 Å². The number of nitrogens with two attached hydrogens (primary N) is 2. The van der Waals surface area contributed by atoms with Gasteiger partial charge in [-0.3, -0.25) is 4.79 Å². The second-order valence-corrected chi connectivity index (χ2v) is 8.00. The Morgan fingerprint density at radius 3 is 2.59 bits per heavy atom. The van der Waals surface area contributed by atoms with Gasteiger partial charge in [0.05, 0.1) is 6.04 Å². The lowest BCUT2D eigenvalue weighted by Gasteiger charge is -2.22. The summed E-state index contributed by atoms with van der Waals surface area (Å²) in [4.78, 5) is 36.5. The van der Waals surface area contributed by atoms with Gasteiger partial charge in [-0.15, -0.1) is 0 Å². The molecule has 1 unspecified atom stereocenters. The normalized spacial score (nSPS) is 14.2. The van der Waals surface area contributed by atoms with Crippen molar-refractivity contribution >= 4 is 18.5 Å². The summed E-state index contributed by atoms with van der Waals surface area (Å²) in [6.45, 7) is 1.03. The summed E-state index contributed by atoms with van der Waals surface area (Å²) in [6, 6.07) is 15.2. The molecule has 0 aromatic heterocycles. The van der Waals surface area contributed by atoms with Gasteiger partial charge in [0.15, 0.2) is 0 Å². The van der Waals surface area contributed by atoms with Crippen LogP contribution in [0.2, 0.25) is 0 Å². The number of hydrogen-bond acceptors (Lipinski definition) is 6. The summed E-state index contributed by atoms with van der Waals surface area (Å²) in [5, 5.41) is 1.60. The molecule has 0 saturated carbocycles. The van der Waals surface area contributed by atoms with Crippen LogP contribution < -0.4 is 11.6 Å². The number of hydrogen-bond donors (Lipinski definition) is 2. The van der Waals surface area contributed by atoms with Gasteiger partial charge in [0, 0.05) is 37.0 Å². The Hall–Kier alpha value is -3.45. The van der Waals surface area contributed by atoms with E-state index in [1.54, 1.807) is 22.2 Å². The molecule has 1 amide bonds. The number of hydrazine groups is 1. The average molecular weight is 435 g/mol. The van der Waals surface area contributed by atoms with E-state index in [2.05, 4.69) is 12.1 Å². The minimum Gasteiger partial charge on any atom is -0.401 e. The van der Waals surface area contributed by atoms with Crippen LogP contribution in [0.4, 0.5) is 0 Å². The van der Waals surface area contributed by atoms with Gasteiger partial charge >= 0.3 is 0 Å². The molecule has 0 saturated heterocycles. The molecule has 0 radical (unpaired) electrons. The van der Waals surface area contributed by atoms with Crippen LogP contribution in [0.15, 0.2) is 60.4 Å². The van der Waals surface area contributed by atoms with Crippen molar-refractivity contribution in [2.45, 2.75) is 44.7 Å². The van der Waals surface area contributed by atoms with Gasteiger partial charge in [0.2, 0.25) is 0 Å². The number of nitrogens with zero attached hydrogens (tertiary/aromatic N) is 2. The minimum atomic E-state index is -0.590. The first-order chi connectivity index (χ1) is 15.5. The first kappa shape index (κ1) is 23.2. The lowest BCUT2D eigenvalue weighted by Crippen LogP contribution is -2.36. The lowest BCUT2D eigenvalue weighted by atomic mass is 9.99. The number of carbonyl (C=O) groups excluding carboxylic acids is 3. The Morgan fingerprint density at radius 2 is 1.88 bits per heavy atom. The Kier molecular flexibility index (Phi) is 8.16. The third-order valence-electron chi connectivity index (χ3n) is 5.75. The molecule has 1 aliphatic rings. The molecule has 0 bridgehead atoms. The molecule has 3 rings (SSSR count). The molecule has 1 atom stereocenters. The van der Waals surface area contributed by atoms with Crippen LogP contribution in [0, 0.1) is 0 Å². The predicted molar refractivity (Wildman–Crippen MR) is 123 cm³/mol. The van der Waals surface area contributed by atoms with Gasteiger partial charge in [0.1, 0.15) is 12.6 Å². The van der Waals surface area contributed by atoms with Crippen molar-refractivity contribution in [2.24, 2.45) is 11.6 Å². The number of allylic oxidation sites excluding steroid dienone is 1. The molecule has 2 aromatic carbocycles. The van der Waals surface area contributed by atoms with Crippen molar-refractivity contribution in [3.63, 3.8) is 0 Å². The molecule has 0 spiro atoms. The maximum atomic E-state index is 12.8. The van der Waals surface area contributed by atoms with E-state index in [4.69, 9.17) is 11.6 Å². The number of fused-ring (bicyclic) bond motifs is 1. The van der Waals surface area contributed by atoms with Crippen LogP contribution in [-0.2, 0) is 29.0 Å². The highest BCUT2D eigenvalue weighted by Crippen LogP contribution is 2.29. The Bertz CT molecular complexity index is 974. The maximum Gasteiger partial charge on any atom is 0.255 e. The van der Waals surface area contributed by atoms with Crippen LogP contribution in [0.25, 0.3) is 0 Å². The summed E-state index contributed by atoms with van der Waals surface area (Å²) >= 11 is 0. The summed E-state index contributed by atoms with van der Waals surface area (Å²) in [6.07, 6.45) is 5.96. The second kappa shape index (κ2) is 11.2. The quantitative estimate of drug-likeness (QED) is 0.301. The van der Waals surface area contributed by atoms with Crippen molar-refractivity contribution in [3.8, 4) is 0 Å². The monoisotopic (exact) mass is 434 g/mol. The number of amides is 1. The molecule has 1 heterocycles. The van der Waals surface area contributed by atoms with Crippen LogP contribution in [0.3, 0.4) is 0 Å². The molecule has 1 aliphatic heterocycles. The van der Waals surface area contributed by atoms with E-state index >= 15 is 0 Å². The Morgan fingerprint density at radius 1 is 1.09 bits per heavy atom. The molecular formula is C25H30N4O3. The lowest BCUT2D eigenvalue weighted by molar-refractivity contribution is -0.112. The van der Waals surface area contributed by atoms with Crippen LogP contribution >= 0.6 is 0 Å². The maximum absolute atomic E-state index is 12.8. The molecule has 0 fully saturated rings. The van der Waals surface area contributed by atoms with E-state index in [0.717, 1.165) is 30.1 Å². The van der Waals surface area contributed by atoms with Gasteiger partial charge in [-0.2, -0.15) is 0 Å². The van der Waals surface area contributed by atoms with E-state index < -0.39 is 6.04 Å². The van der Waals surface area contributed by atoms with E-state index in [1.165, 1.54) is 5.56 Å². The van der Waals surface area contributed by atoms with Gasteiger partial charge in [-0.1, -0.05) is 42.5 Å². The standard InChI is InChI=1S/C25H30N4O3/c26-21(16-28(27)14-13-19-6-2-1-3-7-19)12-11-20-8-4-10-23-24(20)17-29(25(23)32)22(18-31)9-5-15-30/h1-4,6-8,10,15-16,18,22H,5,9,11-14,17,26-27H2/b21-16-. The Labute approximate surface area is 188 Å². The smallest absolute Gasteiger partial charge is 0.255 e. The van der Waals surface area contributed by atoms with Gasteiger partial charge < -0.3 is 25.2 Å². The van der Waals surface area contributed by atoms with Gasteiger partial charge in [-0.05, 0) is 48.4 Å². The predicted octanol–water partition coefficient (Wildman–Crippen LogP) is 2.34. The largest absolute Gasteiger partial charge is 0.401 e. The SMILES string of the molecule is N/C(=C\N(N)CCc1ccccc1)CCc1cccc2c1CN(C(C=O)CCC=O)C2=O. The highest BCUT2D eigenvalue weighted by Gasteiger charge is 2.33. The van der Waals surface area contributed by atoms with E-state index in [-0.39, 0.29) is 12.3 Å². The zero-order valence-electron chi connectivity index (χ0n) is 18.2. The summed E-state index contributed by atoms with van der Waals surface area (Å²) in [5.74, 6) is 5.91. The summed E-state index contributed by atoms with van der Waals surface area (Å²) in [7, 11) is 0. The highest BCUT2D eigenvalue weighted by atomic mass is 16.2. The van der Waals surface area contributed by atoms with E-state index in [1.807, 2.05) is 30.3 Å². The van der Waals surface area contributed by atoms with Crippen molar-refractivity contribution < 1.29 is 14.4 Å². The summed E-state index contributed by atoms with van der Waals surface area (Å²) < 4.78 is 0. The fourth-order valence-electron chi connectivity index (χ4n) is 3.98. The number of benzene rings is 2. The van der Waals surface area contributed by atoms with Crippen molar-refractivity contribution in [3.05, 3.63) is 82.7 Å². The molecule has 0 aliphatic carbocycles. The molecular weight excluding hydrogens is 404 g/mol. The third-order valence-corrected chi connectivity index (χ3v) is 5.75. The molecule has 4 N–H and O–H groups in total. The number of aryl methyl sites for hydroxylation is 1. The first-order valence-electron chi connectivity index (χ1n) is 10.9. The molecule has 168 valence electrons. The topological polar surface area (TPSA) is 110 Å². The highest BCUT2D eigenvalue weighted by molar-refractivity contribution is 6.00. The number of rotatable bonds is 12. The second-order valence-electron chi connectivity index (χ2n) is 8.00. The average Bonchev–Trinajstić information content (AvgIpc) is 3.14. The van der Waals surface area contributed by atoms with Crippen LogP contribution in [0.5, 0.6) is 0 Å². The van der Waals surface area contributed by atoms with Crippen LogP contribution in [-0.4, -0.2) is 41.0 Å². The fraction of sp³-hybridized carbons (Fsp3) is 0.320. The first-order valence-corrected chi connectivity index (χ1v) is 10.9. The third kappa shape index (κ3) is 5.82. The Balaban J connectivity index is 1.60. The van der Waals surface area contributed by atoms with E-state index in [0.29, 0.717) is 43.6 Å². The molecule has 7 nitrogen and oxygen atoms in total. The minimum absolute atomic E-state index is 0.164.